The molecular weight excluding hydrogens is 434 g/mol. The van der Waals surface area contributed by atoms with E-state index in [-0.39, 0.29) is 12.6 Å². The van der Waals surface area contributed by atoms with E-state index in [4.69, 9.17) is 5.73 Å². The molecular formula is C25H29N5O2S+2. The van der Waals surface area contributed by atoms with Crippen LogP contribution in [0, 0.1) is 0 Å². The molecule has 1 atom stereocenters. The Morgan fingerprint density at radius 2 is 1.64 bits per heavy atom. The molecule has 8 heteroatoms. The monoisotopic (exact) mass is 463 g/mol. The molecule has 0 aromatic heterocycles. The number of nitrogens with one attached hydrogen (secondary N) is 4. The van der Waals surface area contributed by atoms with Crippen molar-refractivity contribution in [3.63, 3.8) is 0 Å². The zero-order valence-corrected chi connectivity index (χ0v) is 19.4. The van der Waals surface area contributed by atoms with E-state index in [0.29, 0.717) is 11.4 Å². The molecule has 0 aliphatic rings. The second-order valence-corrected chi connectivity index (χ2v) is 8.50. The van der Waals surface area contributed by atoms with E-state index in [1.807, 2.05) is 61.5 Å². The van der Waals surface area contributed by atoms with Gasteiger partial charge in [0.1, 0.15) is 7.05 Å². The lowest BCUT2D eigenvalue weighted by molar-refractivity contribution is -0.419. The molecule has 1 unspecified atom stereocenters. The van der Waals surface area contributed by atoms with Crippen LogP contribution in [0.1, 0.15) is 6.92 Å². The topological polar surface area (TPSA) is 113 Å². The minimum atomic E-state index is -1.21. The van der Waals surface area contributed by atoms with Gasteiger partial charge in [-0.3, -0.25) is 0 Å². The van der Waals surface area contributed by atoms with Crippen LogP contribution in [0.3, 0.4) is 0 Å². The molecule has 0 saturated heterocycles. The fourth-order valence-electron chi connectivity index (χ4n) is 3.04. The molecule has 0 heterocycles. The Morgan fingerprint density at radius 1 is 1.00 bits per heavy atom. The van der Waals surface area contributed by atoms with Gasteiger partial charge in [-0.1, -0.05) is 42.5 Å². The van der Waals surface area contributed by atoms with Crippen molar-refractivity contribution in [2.45, 2.75) is 11.8 Å². The average molecular weight is 464 g/mol. The Morgan fingerprint density at radius 3 is 2.33 bits per heavy atom. The summed E-state index contributed by atoms with van der Waals surface area (Å²) in [4.78, 5) is 15.9. The first kappa shape index (κ1) is 23.9. The normalized spacial score (nSPS) is 12.7. The lowest BCUT2D eigenvalue weighted by Crippen LogP contribution is -2.66. The second kappa shape index (κ2) is 11.8. The van der Waals surface area contributed by atoms with Crippen molar-refractivity contribution in [3.8, 4) is 11.1 Å². The fraction of sp³-hybridized carbons (Fsp3) is 0.120. The Hall–Kier alpha value is -3.75. The predicted molar refractivity (Wildman–Crippen MR) is 137 cm³/mol. The highest BCUT2D eigenvalue weighted by atomic mass is 32.2. The predicted octanol–water partition coefficient (Wildman–Crippen LogP) is 2.97. The molecule has 3 rings (SSSR count). The molecule has 7 N–H and O–H groups in total. The summed E-state index contributed by atoms with van der Waals surface area (Å²) in [5, 5.41) is 5.48. The quantitative estimate of drug-likeness (QED) is 0.228. The molecule has 0 aliphatic heterocycles. The van der Waals surface area contributed by atoms with Crippen LogP contribution in [-0.2, 0) is 11.4 Å². The van der Waals surface area contributed by atoms with Gasteiger partial charge in [-0.25, -0.2) is 9.79 Å². The largest absolute Gasteiger partial charge is 0.400 e. The van der Waals surface area contributed by atoms with Crippen molar-refractivity contribution < 1.29 is 14.3 Å². The van der Waals surface area contributed by atoms with Crippen LogP contribution in [0.5, 0.6) is 0 Å². The molecule has 0 radical (unpaired) electrons. The highest BCUT2D eigenvalue weighted by Crippen LogP contribution is 2.28. The fourth-order valence-corrected chi connectivity index (χ4v) is 4.11. The lowest BCUT2D eigenvalue weighted by atomic mass is 10.1. The molecule has 2 amide bonds. The Labute approximate surface area is 197 Å². The minimum absolute atomic E-state index is 0.235. The molecule has 0 bridgehead atoms. The first-order valence-corrected chi connectivity index (χ1v) is 11.6. The summed E-state index contributed by atoms with van der Waals surface area (Å²) in [6.07, 6.45) is 1.77. The van der Waals surface area contributed by atoms with E-state index in [1.165, 1.54) is 0 Å². The van der Waals surface area contributed by atoms with Crippen LogP contribution < -0.4 is 26.1 Å². The molecule has 0 fully saturated rings. The highest BCUT2D eigenvalue weighted by molar-refractivity contribution is 7.93. The number of carbonyl (C=O) groups is 1. The Balaban J connectivity index is 1.59. The molecule has 33 heavy (non-hydrogen) atoms. The van der Waals surface area contributed by atoms with Crippen LogP contribution in [0.25, 0.3) is 11.1 Å². The molecule has 0 saturated carbocycles. The Kier molecular flexibility index (Phi) is 8.51. The van der Waals surface area contributed by atoms with Gasteiger partial charge in [0.15, 0.2) is 5.71 Å². The van der Waals surface area contributed by atoms with Crippen molar-refractivity contribution in [1.82, 2.24) is 5.32 Å². The zero-order valence-electron chi connectivity index (χ0n) is 18.6. The van der Waals surface area contributed by atoms with Crippen LogP contribution >= 0.6 is 0 Å². The number of rotatable bonds is 8. The van der Waals surface area contributed by atoms with Gasteiger partial charge in [0.25, 0.3) is 0 Å². The SMILES string of the molecule is C[NH+]=C(C)/C=C(\N)CNC(=O)Nc1ccc(N[S+](O)c2ccccc2-c2ccccc2)cc1. The number of nitrogens with two attached hydrogens (primary N) is 1. The summed E-state index contributed by atoms with van der Waals surface area (Å²) in [5.41, 5.74) is 10.7. The van der Waals surface area contributed by atoms with E-state index in [0.717, 1.165) is 27.4 Å². The summed E-state index contributed by atoms with van der Waals surface area (Å²) >= 11 is -1.21. The van der Waals surface area contributed by atoms with Crippen molar-refractivity contribution in [1.29, 1.82) is 0 Å². The van der Waals surface area contributed by atoms with E-state index in [2.05, 4.69) is 20.3 Å². The van der Waals surface area contributed by atoms with E-state index in [1.54, 1.807) is 37.4 Å². The van der Waals surface area contributed by atoms with Gasteiger partial charge < -0.3 is 16.4 Å². The van der Waals surface area contributed by atoms with Crippen LogP contribution in [0.4, 0.5) is 16.2 Å². The molecule has 0 aliphatic carbocycles. The third-order valence-corrected chi connectivity index (χ3v) is 5.99. The summed E-state index contributed by atoms with van der Waals surface area (Å²) in [6, 6.07) is 24.5. The summed E-state index contributed by atoms with van der Waals surface area (Å²) < 4.78 is 14.0. The number of hydrogen-bond acceptors (Lipinski definition) is 4. The molecule has 0 spiro atoms. The molecule has 170 valence electrons. The number of anilines is 2. The van der Waals surface area contributed by atoms with Crippen molar-refractivity contribution in [2.75, 3.05) is 23.6 Å². The molecule has 3 aromatic carbocycles. The number of urea groups is 1. The maximum absolute atomic E-state index is 12.1. The third kappa shape index (κ3) is 7.13. The van der Waals surface area contributed by atoms with Gasteiger partial charge in [-0.15, -0.1) is 0 Å². The van der Waals surface area contributed by atoms with E-state index >= 15 is 0 Å². The smallest absolute Gasteiger partial charge is 0.319 e. The Bertz CT molecular complexity index is 1130. The van der Waals surface area contributed by atoms with Gasteiger partial charge in [0.2, 0.25) is 4.90 Å². The van der Waals surface area contributed by atoms with Gasteiger partial charge >= 0.3 is 17.4 Å². The first-order valence-electron chi connectivity index (χ1n) is 10.4. The summed E-state index contributed by atoms with van der Waals surface area (Å²) in [5.74, 6) is 0. The summed E-state index contributed by atoms with van der Waals surface area (Å²) in [6.45, 7) is 2.12. The van der Waals surface area contributed by atoms with Crippen LogP contribution in [0.15, 0.2) is 95.5 Å². The standard InChI is InChI=1S/C25H27N5O2S/c1-18(27-2)16-20(26)17-28-25(31)29-21-12-14-22(15-13-21)30-33(32)24-11-7-6-10-23(24)19-8-4-3-5-9-19/h3-16,30,32H,17H2,1-2H3,(H3-,26,27,28,29,31)/p+2. The maximum atomic E-state index is 12.1. The molecule has 7 nitrogen and oxygen atoms in total. The maximum Gasteiger partial charge on any atom is 0.319 e. The van der Waals surface area contributed by atoms with Crippen LogP contribution in [-0.4, -0.2) is 29.9 Å². The number of hydrogen-bond donors (Lipinski definition) is 6. The number of carbonyl (C=O) groups excluding carboxylic acids is 1. The van der Waals surface area contributed by atoms with E-state index in [9.17, 15) is 9.35 Å². The number of benzene rings is 3. The highest BCUT2D eigenvalue weighted by Gasteiger charge is 2.25. The second-order valence-electron chi connectivity index (χ2n) is 7.29. The first-order chi connectivity index (χ1) is 16.0. The van der Waals surface area contributed by atoms with Gasteiger partial charge in [0, 0.05) is 29.9 Å². The van der Waals surface area contributed by atoms with Crippen molar-refractivity contribution >= 4 is 34.5 Å². The summed E-state index contributed by atoms with van der Waals surface area (Å²) in [7, 11) is 1.80. The molecule has 3 aromatic rings. The van der Waals surface area contributed by atoms with Gasteiger partial charge in [-0.2, -0.15) is 9.27 Å². The third-order valence-electron chi connectivity index (χ3n) is 4.79. The van der Waals surface area contributed by atoms with Crippen molar-refractivity contribution in [2.24, 2.45) is 5.73 Å². The zero-order chi connectivity index (χ0) is 23.6. The minimum Gasteiger partial charge on any atom is -0.400 e. The van der Waals surface area contributed by atoms with Gasteiger partial charge in [0.05, 0.1) is 12.2 Å². The number of allylic oxidation sites excluding steroid dienone is 1. The van der Waals surface area contributed by atoms with Gasteiger partial charge in [-0.05, 0) is 42.0 Å². The van der Waals surface area contributed by atoms with Crippen molar-refractivity contribution in [3.05, 3.63) is 90.6 Å². The average Bonchev–Trinajstić information content (AvgIpc) is 2.84. The lowest BCUT2D eigenvalue weighted by Gasteiger charge is -2.09. The number of amides is 2. The van der Waals surface area contributed by atoms with Crippen LogP contribution in [0.2, 0.25) is 0 Å². The van der Waals surface area contributed by atoms with E-state index < -0.39 is 11.4 Å².